The Morgan fingerprint density at radius 3 is 1.55 bits per heavy atom. The predicted molar refractivity (Wildman–Crippen MR) is 200 cm³/mol. The van der Waals surface area contributed by atoms with Gasteiger partial charge in [-0.05, 0) is 107 Å². The van der Waals surface area contributed by atoms with E-state index in [1.165, 1.54) is 81.9 Å². The maximum absolute atomic E-state index is 6.38. The quantitative estimate of drug-likeness (QED) is 0.185. The summed E-state index contributed by atoms with van der Waals surface area (Å²) in [5.41, 5.74) is 9.23. The molecule has 0 aliphatic heterocycles. The zero-order valence-electron chi connectivity index (χ0n) is 25.6. The highest BCUT2D eigenvalue weighted by Gasteiger charge is 2.19. The van der Waals surface area contributed by atoms with Crippen molar-refractivity contribution >= 4 is 65.0 Å². The minimum Gasteiger partial charge on any atom is -0.456 e. The standard InChI is InChI=1S/C46H28O/c1-2-13-30(14-3-1)44-36-18-8-10-20-38(36)45(39-21-11-9-19-37(39)44)33-26-31-15-5-6-16-34(31)40(28-33)32-23-24-42-41(27-32)46-35-17-7-4-12-29(35)22-25-43(46)47-42/h1-28H. The van der Waals surface area contributed by atoms with Crippen molar-refractivity contribution in [2.75, 3.05) is 0 Å². The fourth-order valence-corrected chi connectivity index (χ4v) is 7.76. The number of benzene rings is 9. The number of hydrogen-bond acceptors (Lipinski definition) is 1. The van der Waals surface area contributed by atoms with Crippen molar-refractivity contribution in [1.82, 2.24) is 0 Å². The van der Waals surface area contributed by atoms with Crippen molar-refractivity contribution in [3.8, 4) is 33.4 Å². The summed E-state index contributed by atoms with van der Waals surface area (Å²) in [6.07, 6.45) is 0. The monoisotopic (exact) mass is 596 g/mol. The average molecular weight is 597 g/mol. The van der Waals surface area contributed by atoms with Crippen LogP contribution in [0.1, 0.15) is 0 Å². The molecule has 0 spiro atoms. The highest BCUT2D eigenvalue weighted by molar-refractivity contribution is 6.23. The third kappa shape index (κ3) is 3.97. The molecule has 0 radical (unpaired) electrons. The first-order valence-corrected chi connectivity index (χ1v) is 16.2. The molecule has 0 fully saturated rings. The van der Waals surface area contributed by atoms with E-state index in [2.05, 4.69) is 170 Å². The first kappa shape index (κ1) is 26.1. The van der Waals surface area contributed by atoms with Gasteiger partial charge >= 0.3 is 0 Å². The molecule has 10 rings (SSSR count). The van der Waals surface area contributed by atoms with Crippen LogP contribution in [-0.2, 0) is 0 Å². The largest absolute Gasteiger partial charge is 0.456 e. The van der Waals surface area contributed by atoms with E-state index in [1.807, 2.05) is 0 Å². The molecule has 0 N–H and O–H groups in total. The lowest BCUT2D eigenvalue weighted by Gasteiger charge is -2.19. The number of hydrogen-bond donors (Lipinski definition) is 0. The van der Waals surface area contributed by atoms with Gasteiger partial charge in [-0.2, -0.15) is 0 Å². The summed E-state index contributed by atoms with van der Waals surface area (Å²) in [5.74, 6) is 0. The number of fused-ring (bicyclic) bond motifs is 8. The lowest BCUT2D eigenvalue weighted by Crippen LogP contribution is -1.92. The van der Waals surface area contributed by atoms with Gasteiger partial charge in [0.1, 0.15) is 11.2 Å². The van der Waals surface area contributed by atoms with Crippen LogP contribution in [-0.4, -0.2) is 0 Å². The van der Waals surface area contributed by atoms with Crippen LogP contribution in [0.4, 0.5) is 0 Å². The van der Waals surface area contributed by atoms with Crippen LogP contribution < -0.4 is 0 Å². The maximum atomic E-state index is 6.38. The van der Waals surface area contributed by atoms with E-state index >= 15 is 0 Å². The van der Waals surface area contributed by atoms with Crippen molar-refractivity contribution < 1.29 is 4.42 Å². The zero-order chi connectivity index (χ0) is 30.9. The highest BCUT2D eigenvalue weighted by atomic mass is 16.3. The SMILES string of the molecule is c1ccc(-c2c3ccccc3c(-c3cc(-c4ccc5oc6ccc7ccccc7c6c5c4)c4ccccc4c3)c3ccccc23)cc1. The zero-order valence-corrected chi connectivity index (χ0v) is 25.6. The van der Waals surface area contributed by atoms with Gasteiger partial charge in [-0.25, -0.2) is 0 Å². The van der Waals surface area contributed by atoms with E-state index in [0.29, 0.717) is 0 Å². The molecule has 0 aliphatic carbocycles. The van der Waals surface area contributed by atoms with Crippen LogP contribution in [0.15, 0.2) is 174 Å². The fourth-order valence-electron chi connectivity index (χ4n) is 7.76. The maximum Gasteiger partial charge on any atom is 0.136 e. The van der Waals surface area contributed by atoms with E-state index in [0.717, 1.165) is 16.6 Å². The third-order valence-electron chi connectivity index (χ3n) is 9.82. The molecule has 1 aromatic heterocycles. The summed E-state index contributed by atoms with van der Waals surface area (Å²) in [7, 11) is 0. The van der Waals surface area contributed by atoms with E-state index in [-0.39, 0.29) is 0 Å². The summed E-state index contributed by atoms with van der Waals surface area (Å²) >= 11 is 0. The van der Waals surface area contributed by atoms with Gasteiger partial charge in [0, 0.05) is 10.8 Å². The lowest BCUT2D eigenvalue weighted by molar-refractivity contribution is 0.669. The molecule has 0 unspecified atom stereocenters. The van der Waals surface area contributed by atoms with Crippen molar-refractivity contribution in [2.45, 2.75) is 0 Å². The van der Waals surface area contributed by atoms with Crippen molar-refractivity contribution in [2.24, 2.45) is 0 Å². The molecule has 9 aromatic carbocycles. The highest BCUT2D eigenvalue weighted by Crippen LogP contribution is 2.46. The second kappa shape index (κ2) is 10.2. The van der Waals surface area contributed by atoms with Gasteiger partial charge in [0.25, 0.3) is 0 Å². The van der Waals surface area contributed by atoms with Gasteiger partial charge in [0.15, 0.2) is 0 Å². The topological polar surface area (TPSA) is 13.1 Å². The lowest BCUT2D eigenvalue weighted by atomic mass is 9.84. The van der Waals surface area contributed by atoms with Crippen molar-refractivity contribution in [3.63, 3.8) is 0 Å². The fraction of sp³-hybridized carbons (Fsp3) is 0. The van der Waals surface area contributed by atoms with Gasteiger partial charge in [0.05, 0.1) is 0 Å². The van der Waals surface area contributed by atoms with Gasteiger partial charge in [-0.15, -0.1) is 0 Å². The molecule has 1 heterocycles. The Balaban J connectivity index is 1.29. The number of furan rings is 1. The first-order chi connectivity index (χ1) is 23.3. The molecule has 0 atom stereocenters. The Hall–Kier alpha value is -6.18. The van der Waals surface area contributed by atoms with E-state index in [4.69, 9.17) is 4.42 Å². The Kier molecular flexibility index (Phi) is 5.64. The van der Waals surface area contributed by atoms with Crippen LogP contribution in [0.25, 0.3) is 98.4 Å². The molecular formula is C46H28O. The summed E-state index contributed by atoms with van der Waals surface area (Å²) in [6.45, 7) is 0. The first-order valence-electron chi connectivity index (χ1n) is 16.2. The summed E-state index contributed by atoms with van der Waals surface area (Å²) in [6, 6.07) is 61.6. The van der Waals surface area contributed by atoms with Gasteiger partial charge in [0.2, 0.25) is 0 Å². The summed E-state index contributed by atoms with van der Waals surface area (Å²) < 4.78 is 6.38. The van der Waals surface area contributed by atoms with Gasteiger partial charge in [-0.1, -0.05) is 140 Å². The minimum atomic E-state index is 0.911. The third-order valence-corrected chi connectivity index (χ3v) is 9.82. The van der Waals surface area contributed by atoms with E-state index < -0.39 is 0 Å². The van der Waals surface area contributed by atoms with Crippen LogP contribution >= 0.6 is 0 Å². The Morgan fingerprint density at radius 1 is 0.298 bits per heavy atom. The van der Waals surface area contributed by atoms with Crippen LogP contribution in [0.5, 0.6) is 0 Å². The van der Waals surface area contributed by atoms with Crippen molar-refractivity contribution in [1.29, 1.82) is 0 Å². The predicted octanol–water partition coefficient (Wildman–Crippen LogP) is 13.2. The van der Waals surface area contributed by atoms with E-state index in [9.17, 15) is 0 Å². The molecule has 0 saturated heterocycles. The molecule has 47 heavy (non-hydrogen) atoms. The average Bonchev–Trinajstić information content (AvgIpc) is 3.52. The number of rotatable bonds is 3. The normalized spacial score (nSPS) is 11.8. The van der Waals surface area contributed by atoms with E-state index in [1.54, 1.807) is 0 Å². The Bertz CT molecular complexity index is 2780. The summed E-state index contributed by atoms with van der Waals surface area (Å²) in [5, 5.41) is 12.3. The van der Waals surface area contributed by atoms with Crippen LogP contribution in [0, 0.1) is 0 Å². The molecule has 1 nitrogen and oxygen atoms in total. The van der Waals surface area contributed by atoms with Gasteiger partial charge in [-0.3, -0.25) is 0 Å². The molecular weight excluding hydrogens is 569 g/mol. The Labute approximate surface area is 271 Å². The van der Waals surface area contributed by atoms with Crippen LogP contribution in [0.2, 0.25) is 0 Å². The molecule has 218 valence electrons. The molecule has 0 aliphatic rings. The van der Waals surface area contributed by atoms with Crippen LogP contribution in [0.3, 0.4) is 0 Å². The molecule has 0 bridgehead atoms. The smallest absolute Gasteiger partial charge is 0.136 e. The summed E-state index contributed by atoms with van der Waals surface area (Å²) in [4.78, 5) is 0. The molecule has 10 aromatic rings. The minimum absolute atomic E-state index is 0.911. The second-order valence-electron chi connectivity index (χ2n) is 12.4. The van der Waals surface area contributed by atoms with Crippen molar-refractivity contribution in [3.05, 3.63) is 170 Å². The molecule has 0 saturated carbocycles. The molecule has 0 amide bonds. The van der Waals surface area contributed by atoms with Gasteiger partial charge < -0.3 is 4.42 Å². The molecule has 1 heteroatoms. The second-order valence-corrected chi connectivity index (χ2v) is 12.4. The Morgan fingerprint density at radius 2 is 0.851 bits per heavy atom.